The average Bonchev–Trinajstić information content (AvgIpc) is 2.51. The summed E-state index contributed by atoms with van der Waals surface area (Å²) >= 11 is 5.94. The molecule has 0 fully saturated rings. The molecule has 0 atom stereocenters. The molecule has 0 spiro atoms. The molecule has 1 aromatic rings. The minimum absolute atomic E-state index is 0.0856. The van der Waals surface area contributed by atoms with Gasteiger partial charge in [0.2, 0.25) is 10.1 Å². The van der Waals surface area contributed by atoms with Crippen molar-refractivity contribution in [1.82, 2.24) is 5.48 Å². The Hall–Kier alpha value is -1.83. The first-order valence-corrected chi connectivity index (χ1v) is 9.31. The molecule has 0 radical (unpaired) electrons. The topological polar surface area (TPSA) is 168 Å². The van der Waals surface area contributed by atoms with E-state index in [1.54, 1.807) is 6.07 Å². The van der Waals surface area contributed by atoms with Gasteiger partial charge in [-0.15, -0.1) is 0 Å². The molecule has 0 aliphatic rings. The Morgan fingerprint density at radius 3 is 2.24 bits per heavy atom. The van der Waals surface area contributed by atoms with Crippen molar-refractivity contribution in [3.05, 3.63) is 50.6 Å². The predicted molar refractivity (Wildman–Crippen MR) is 94.5 cm³/mol. The molecule has 0 unspecified atom stereocenters. The van der Waals surface area contributed by atoms with Gasteiger partial charge in [0.1, 0.15) is 0 Å². The second-order valence-electron chi connectivity index (χ2n) is 3.92. The summed E-state index contributed by atoms with van der Waals surface area (Å²) in [5, 5.41) is 18.1. The van der Waals surface area contributed by atoms with Gasteiger partial charge in [-0.3, -0.25) is 0 Å². The molecule has 0 bridgehead atoms. The van der Waals surface area contributed by atoms with Crippen LogP contribution in [-0.2, 0) is 9.19 Å². The van der Waals surface area contributed by atoms with E-state index in [4.69, 9.17) is 9.79 Å². The fourth-order valence-electron chi connectivity index (χ4n) is 1.13. The maximum absolute atomic E-state index is 10.2. The van der Waals surface area contributed by atoms with Gasteiger partial charge in [-0.2, -0.15) is 4.62 Å². The van der Waals surface area contributed by atoms with Crippen LogP contribution in [0.4, 0.5) is 5.69 Å². The van der Waals surface area contributed by atoms with Gasteiger partial charge in [0.25, 0.3) is 0 Å². The molecule has 0 aromatic heterocycles. The van der Waals surface area contributed by atoms with Crippen LogP contribution in [0.3, 0.4) is 0 Å². The molecule has 0 aliphatic heterocycles. The van der Waals surface area contributed by atoms with E-state index < -0.39 is 17.9 Å². The van der Waals surface area contributed by atoms with Crippen molar-refractivity contribution in [2.75, 3.05) is 10.9 Å². The summed E-state index contributed by atoms with van der Waals surface area (Å²) in [6.45, 7) is 1.97. The highest BCUT2D eigenvalue weighted by molar-refractivity contribution is 8.22. The molecular weight excluding hydrogens is 399 g/mol. The zero-order valence-corrected chi connectivity index (χ0v) is 15.3. The number of thioether (sulfide) groups is 1. The Labute approximate surface area is 151 Å². The van der Waals surface area contributed by atoms with E-state index in [1.807, 2.05) is 12.4 Å². The lowest BCUT2D eigenvalue weighted by Crippen LogP contribution is -2.35. The van der Waals surface area contributed by atoms with Gasteiger partial charge < -0.3 is 9.79 Å². The molecule has 0 aliphatic carbocycles. The Morgan fingerprint density at radius 1 is 1.32 bits per heavy atom. The first kappa shape index (κ1) is 23.2. The maximum atomic E-state index is 10.2. The summed E-state index contributed by atoms with van der Waals surface area (Å²) in [4.78, 5) is 37.0. The van der Waals surface area contributed by atoms with E-state index in [0.717, 1.165) is 12.2 Å². The number of phosphoric acid groups is 1. The van der Waals surface area contributed by atoms with Crippen LogP contribution in [0.5, 0.6) is 0 Å². The molecule has 12 nitrogen and oxygen atoms in total. The van der Waals surface area contributed by atoms with E-state index in [1.165, 1.54) is 36.0 Å². The molecule has 3 N–H and O–H groups in total. The quantitative estimate of drug-likeness (QED) is 0.257. The van der Waals surface area contributed by atoms with E-state index in [-0.39, 0.29) is 15.1 Å². The number of nitrogens with one attached hydrogen (secondary N) is 1. The smallest absolute Gasteiger partial charge is 0.301 e. The lowest BCUT2D eigenvalue weighted by molar-refractivity contribution is -0.711. The SMILES string of the molecule is CCCSC(=S)NOP(=O)(O)O.O=[N+]([O-])N(c1ccccc1)[N+](=O)[O-]. The van der Waals surface area contributed by atoms with Gasteiger partial charge in [0.15, 0.2) is 15.1 Å². The molecule has 1 rings (SSSR count). The zero-order chi connectivity index (χ0) is 19.5. The highest BCUT2D eigenvalue weighted by atomic mass is 32.2. The maximum Gasteiger partial charge on any atom is 0.491 e. The molecule has 140 valence electrons. The second kappa shape index (κ2) is 11.7. The Balaban J connectivity index is 0.000000463. The number of hydrogen-bond donors (Lipinski definition) is 3. The zero-order valence-electron chi connectivity index (χ0n) is 12.8. The normalized spacial score (nSPS) is 10.2. The number of nitrogens with zero attached hydrogens (tertiary/aromatic N) is 3. The molecule has 0 saturated carbocycles. The first-order chi connectivity index (χ1) is 11.6. The van der Waals surface area contributed by atoms with Crippen molar-refractivity contribution in [3.8, 4) is 0 Å². The number of para-hydroxylation sites is 1. The van der Waals surface area contributed by atoms with Crippen LogP contribution in [0.2, 0.25) is 0 Å². The summed E-state index contributed by atoms with van der Waals surface area (Å²) in [7, 11) is -4.46. The van der Waals surface area contributed by atoms with Crippen LogP contribution >= 0.6 is 31.8 Å². The summed E-state index contributed by atoms with van der Waals surface area (Å²) < 4.78 is 14.3. The lowest BCUT2D eigenvalue weighted by Gasteiger charge is -2.06. The molecule has 0 amide bonds. The Morgan fingerprint density at radius 2 is 1.84 bits per heavy atom. The molecular formula is C10H15N4O8PS2. The lowest BCUT2D eigenvalue weighted by atomic mass is 10.3. The predicted octanol–water partition coefficient (Wildman–Crippen LogP) is 1.90. The number of thiocarbonyl (C=S) groups is 1. The fourth-order valence-corrected chi connectivity index (χ4v) is 2.25. The fraction of sp³-hybridized carbons (Fsp3) is 0.300. The van der Waals surface area contributed by atoms with Gasteiger partial charge in [0.05, 0.1) is 0 Å². The molecule has 0 heterocycles. The third-order valence-electron chi connectivity index (χ3n) is 1.98. The first-order valence-electron chi connectivity index (χ1n) is 6.39. The van der Waals surface area contributed by atoms with Crippen molar-refractivity contribution in [1.29, 1.82) is 0 Å². The number of rotatable bonds is 7. The molecule has 0 saturated heterocycles. The van der Waals surface area contributed by atoms with Crippen LogP contribution in [-0.4, -0.2) is 29.9 Å². The van der Waals surface area contributed by atoms with E-state index in [9.17, 15) is 24.8 Å². The van der Waals surface area contributed by atoms with Crippen LogP contribution in [0.1, 0.15) is 13.3 Å². The Kier molecular flexibility index (Phi) is 10.8. The number of benzene rings is 1. The number of hydrazine groups is 2. The molecule has 25 heavy (non-hydrogen) atoms. The van der Waals surface area contributed by atoms with Gasteiger partial charge in [-0.05, 0) is 18.6 Å². The van der Waals surface area contributed by atoms with E-state index in [0.29, 0.717) is 0 Å². The number of nitro groups is 2. The summed E-state index contributed by atoms with van der Waals surface area (Å²) in [6.07, 6.45) is 0.933. The van der Waals surface area contributed by atoms with E-state index >= 15 is 0 Å². The largest absolute Gasteiger partial charge is 0.491 e. The monoisotopic (exact) mass is 414 g/mol. The summed E-state index contributed by atoms with van der Waals surface area (Å²) in [5.41, 5.74) is 1.90. The second-order valence-corrected chi connectivity index (χ2v) is 6.86. The Bertz CT molecular complexity index is 615. The van der Waals surface area contributed by atoms with Crippen LogP contribution < -0.4 is 10.6 Å². The van der Waals surface area contributed by atoms with Crippen molar-refractivity contribution in [3.63, 3.8) is 0 Å². The van der Waals surface area contributed by atoms with Crippen molar-refractivity contribution in [2.45, 2.75) is 13.3 Å². The number of hydrogen-bond acceptors (Lipinski definition) is 8. The average molecular weight is 414 g/mol. The van der Waals surface area contributed by atoms with Crippen molar-refractivity contribution < 1.29 is 29.0 Å². The van der Waals surface area contributed by atoms with Crippen LogP contribution in [0.15, 0.2) is 30.3 Å². The van der Waals surface area contributed by atoms with Crippen LogP contribution in [0.25, 0.3) is 0 Å². The number of anilines is 1. The highest BCUT2D eigenvalue weighted by Crippen LogP contribution is 2.34. The van der Waals surface area contributed by atoms with Gasteiger partial charge in [-0.25, -0.2) is 30.3 Å². The minimum Gasteiger partial charge on any atom is -0.301 e. The van der Waals surface area contributed by atoms with Gasteiger partial charge in [0, 0.05) is 5.75 Å². The molecule has 1 aromatic carbocycles. The number of hydroxylamine groups is 1. The van der Waals surface area contributed by atoms with Crippen LogP contribution in [0, 0.1) is 20.2 Å². The summed E-state index contributed by atoms with van der Waals surface area (Å²) in [6, 6.07) is 7.14. The van der Waals surface area contributed by atoms with Crippen molar-refractivity contribution in [2.24, 2.45) is 0 Å². The minimum atomic E-state index is -4.46. The van der Waals surface area contributed by atoms with Gasteiger partial charge >= 0.3 is 7.82 Å². The highest BCUT2D eigenvalue weighted by Gasteiger charge is 2.29. The third kappa shape index (κ3) is 11.4. The van der Waals surface area contributed by atoms with Gasteiger partial charge in [-0.1, -0.05) is 49.1 Å². The third-order valence-corrected chi connectivity index (χ3v) is 3.71. The molecule has 15 heteroatoms. The summed E-state index contributed by atoms with van der Waals surface area (Å²) in [5.74, 6) is 0.788. The standard InChI is InChI=1S/C6H5N3O4.C4H10NO4PS2/c10-8(11)7(9(12)13)6-4-2-1-3-5-6;1-2-3-12-4(11)5-9-10(6,7)8/h1-5H;2-3H2,1H3,(H,5,11)(H2,6,7,8). The van der Waals surface area contributed by atoms with E-state index in [2.05, 4.69) is 16.8 Å². The van der Waals surface area contributed by atoms with Crippen molar-refractivity contribution >= 4 is 41.8 Å².